The van der Waals surface area contributed by atoms with E-state index in [-0.39, 0.29) is 24.0 Å². The summed E-state index contributed by atoms with van der Waals surface area (Å²) in [6, 6.07) is 7.60. The summed E-state index contributed by atoms with van der Waals surface area (Å²) in [6.45, 7) is 4.78. The molecule has 1 heterocycles. The summed E-state index contributed by atoms with van der Waals surface area (Å²) in [4.78, 5) is 25.7. The number of aliphatic hydroxyl groups excluding tert-OH is 1. The topological polar surface area (TPSA) is 69.6 Å². The van der Waals surface area contributed by atoms with Gasteiger partial charge in [0.15, 0.2) is 0 Å². The molecule has 2 amide bonds. The molecule has 0 saturated carbocycles. The molecule has 23 heavy (non-hydrogen) atoms. The lowest BCUT2D eigenvalue weighted by molar-refractivity contribution is -0.122. The van der Waals surface area contributed by atoms with Crippen LogP contribution in [0.5, 0.6) is 0 Å². The zero-order valence-electron chi connectivity index (χ0n) is 14.0. The van der Waals surface area contributed by atoms with Gasteiger partial charge in [-0.3, -0.25) is 9.59 Å². The third kappa shape index (κ3) is 4.55. The first-order valence-corrected chi connectivity index (χ1v) is 8.28. The summed E-state index contributed by atoms with van der Waals surface area (Å²) in [7, 11) is 0. The molecule has 2 rings (SSSR count). The first kappa shape index (κ1) is 17.5. The second kappa shape index (κ2) is 7.59. The van der Waals surface area contributed by atoms with Crippen molar-refractivity contribution in [3.63, 3.8) is 0 Å². The molecular formula is C18H26N2O3. The van der Waals surface area contributed by atoms with E-state index in [1.54, 1.807) is 4.90 Å². The summed E-state index contributed by atoms with van der Waals surface area (Å²) in [5, 5.41) is 12.1. The van der Waals surface area contributed by atoms with Crippen LogP contribution in [0.1, 0.15) is 45.1 Å². The molecule has 1 aromatic rings. The molecule has 1 aliphatic heterocycles. The van der Waals surface area contributed by atoms with Crippen LogP contribution >= 0.6 is 0 Å². The number of rotatable bonds is 7. The van der Waals surface area contributed by atoms with Crippen LogP contribution in [0.4, 0.5) is 5.69 Å². The van der Waals surface area contributed by atoms with Crippen LogP contribution in [0.2, 0.25) is 0 Å². The molecule has 2 N–H and O–H groups in total. The quantitative estimate of drug-likeness (QED) is 0.808. The van der Waals surface area contributed by atoms with Crippen molar-refractivity contribution < 1.29 is 14.7 Å². The Bertz CT molecular complexity index is 556. The number of nitrogens with one attached hydrogen (secondary N) is 1. The Balaban J connectivity index is 1.95. The number of aliphatic hydroxyl groups is 1. The number of hydrogen-bond donors (Lipinski definition) is 2. The lowest BCUT2D eigenvalue weighted by Gasteiger charge is -2.29. The summed E-state index contributed by atoms with van der Waals surface area (Å²) in [5.74, 6) is 0.117. The van der Waals surface area contributed by atoms with Gasteiger partial charge in [0.2, 0.25) is 11.8 Å². The van der Waals surface area contributed by atoms with Crippen LogP contribution in [0.15, 0.2) is 24.3 Å². The number of benzene rings is 1. The monoisotopic (exact) mass is 318 g/mol. The average molecular weight is 318 g/mol. The van der Waals surface area contributed by atoms with Crippen LogP contribution in [0, 0.1) is 0 Å². The highest BCUT2D eigenvalue weighted by molar-refractivity contribution is 5.95. The van der Waals surface area contributed by atoms with Gasteiger partial charge in [0.1, 0.15) is 0 Å². The molecule has 1 aliphatic rings. The Labute approximate surface area is 137 Å². The van der Waals surface area contributed by atoms with Gasteiger partial charge in [-0.15, -0.1) is 0 Å². The molecule has 126 valence electrons. The van der Waals surface area contributed by atoms with Crippen molar-refractivity contribution in [1.29, 1.82) is 0 Å². The Kier molecular flexibility index (Phi) is 5.77. The van der Waals surface area contributed by atoms with E-state index in [2.05, 4.69) is 5.32 Å². The maximum atomic E-state index is 12.2. The fraction of sp³-hybridized carbons (Fsp3) is 0.556. The third-order valence-corrected chi connectivity index (χ3v) is 4.57. The molecule has 0 spiro atoms. The van der Waals surface area contributed by atoms with Crippen LogP contribution in [-0.2, 0) is 16.0 Å². The van der Waals surface area contributed by atoms with E-state index >= 15 is 0 Å². The Hall–Kier alpha value is -1.88. The van der Waals surface area contributed by atoms with Crippen LogP contribution < -0.4 is 10.2 Å². The van der Waals surface area contributed by atoms with Gasteiger partial charge in [0, 0.05) is 30.8 Å². The van der Waals surface area contributed by atoms with E-state index in [0.29, 0.717) is 19.3 Å². The molecule has 0 aromatic heterocycles. The Morgan fingerprint density at radius 2 is 2.04 bits per heavy atom. The highest BCUT2D eigenvalue weighted by atomic mass is 16.3. The van der Waals surface area contributed by atoms with Gasteiger partial charge in [0.25, 0.3) is 0 Å². The number of anilines is 1. The minimum absolute atomic E-state index is 0.0483. The van der Waals surface area contributed by atoms with Crippen LogP contribution in [0.3, 0.4) is 0 Å². The van der Waals surface area contributed by atoms with E-state index in [0.717, 1.165) is 30.6 Å². The molecule has 0 aliphatic carbocycles. The third-order valence-electron chi connectivity index (χ3n) is 4.57. The molecule has 1 fully saturated rings. The Morgan fingerprint density at radius 3 is 2.57 bits per heavy atom. The van der Waals surface area contributed by atoms with Gasteiger partial charge in [-0.25, -0.2) is 0 Å². The molecule has 5 nitrogen and oxygen atoms in total. The highest BCUT2D eigenvalue weighted by Crippen LogP contribution is 2.22. The second-order valence-corrected chi connectivity index (χ2v) is 6.43. The molecule has 5 heteroatoms. The number of nitrogens with zero attached hydrogens (tertiary/aromatic N) is 1. The fourth-order valence-corrected chi connectivity index (χ4v) is 2.86. The minimum atomic E-state index is -0.367. The largest absolute Gasteiger partial charge is 0.396 e. The summed E-state index contributed by atoms with van der Waals surface area (Å²) in [5.41, 5.74) is 1.45. The predicted octanol–water partition coefficient (Wildman–Crippen LogP) is 2.02. The SMILES string of the molecule is CCC(C)(CCO)NC(=O)Cc1ccc(N2CCCC2=O)cc1. The van der Waals surface area contributed by atoms with Crippen molar-refractivity contribution in [2.75, 3.05) is 18.1 Å². The van der Waals surface area contributed by atoms with Gasteiger partial charge >= 0.3 is 0 Å². The predicted molar refractivity (Wildman–Crippen MR) is 90.3 cm³/mol. The molecule has 0 bridgehead atoms. The first-order valence-electron chi connectivity index (χ1n) is 8.28. The highest BCUT2D eigenvalue weighted by Gasteiger charge is 2.24. The standard InChI is InChI=1S/C18H26N2O3/c1-3-18(2,10-12-21)19-16(22)13-14-6-8-15(9-7-14)20-11-4-5-17(20)23/h6-9,21H,3-5,10-13H2,1-2H3,(H,19,22). The molecule has 1 unspecified atom stereocenters. The zero-order chi connectivity index (χ0) is 16.9. The van der Waals surface area contributed by atoms with E-state index in [4.69, 9.17) is 5.11 Å². The summed E-state index contributed by atoms with van der Waals surface area (Å²) >= 11 is 0. The second-order valence-electron chi connectivity index (χ2n) is 6.43. The molecular weight excluding hydrogens is 292 g/mol. The van der Waals surface area contributed by atoms with Crippen molar-refractivity contribution in [1.82, 2.24) is 5.32 Å². The van der Waals surface area contributed by atoms with E-state index in [9.17, 15) is 9.59 Å². The van der Waals surface area contributed by atoms with Gasteiger partial charge in [-0.2, -0.15) is 0 Å². The van der Waals surface area contributed by atoms with Crippen LogP contribution in [0.25, 0.3) is 0 Å². The Morgan fingerprint density at radius 1 is 1.35 bits per heavy atom. The van der Waals surface area contributed by atoms with Gasteiger partial charge in [-0.1, -0.05) is 19.1 Å². The van der Waals surface area contributed by atoms with Gasteiger partial charge in [-0.05, 0) is 43.9 Å². The maximum absolute atomic E-state index is 12.2. The number of carbonyl (C=O) groups is 2. The molecule has 1 saturated heterocycles. The summed E-state index contributed by atoms with van der Waals surface area (Å²) < 4.78 is 0. The van der Waals surface area contributed by atoms with E-state index in [1.807, 2.05) is 38.1 Å². The van der Waals surface area contributed by atoms with E-state index in [1.165, 1.54) is 0 Å². The summed E-state index contributed by atoms with van der Waals surface area (Å²) in [6.07, 6.45) is 3.14. The van der Waals surface area contributed by atoms with Crippen molar-refractivity contribution in [2.45, 2.75) is 51.5 Å². The maximum Gasteiger partial charge on any atom is 0.227 e. The van der Waals surface area contributed by atoms with Crippen molar-refractivity contribution >= 4 is 17.5 Å². The lowest BCUT2D eigenvalue weighted by atomic mass is 9.94. The minimum Gasteiger partial charge on any atom is -0.396 e. The normalized spacial score (nSPS) is 17.2. The lowest BCUT2D eigenvalue weighted by Crippen LogP contribution is -2.46. The van der Waals surface area contributed by atoms with Crippen molar-refractivity contribution in [3.05, 3.63) is 29.8 Å². The zero-order valence-corrected chi connectivity index (χ0v) is 14.0. The van der Waals surface area contributed by atoms with Gasteiger partial charge < -0.3 is 15.3 Å². The smallest absolute Gasteiger partial charge is 0.227 e. The molecule has 1 aromatic carbocycles. The van der Waals surface area contributed by atoms with Gasteiger partial charge in [0.05, 0.1) is 6.42 Å². The van der Waals surface area contributed by atoms with Crippen LogP contribution in [-0.4, -0.2) is 35.6 Å². The molecule has 0 radical (unpaired) electrons. The number of carbonyl (C=O) groups excluding carboxylic acids is 2. The number of amides is 2. The molecule has 1 atom stereocenters. The average Bonchev–Trinajstić information content (AvgIpc) is 2.94. The number of hydrogen-bond acceptors (Lipinski definition) is 3. The van der Waals surface area contributed by atoms with Crippen molar-refractivity contribution in [2.24, 2.45) is 0 Å². The fourth-order valence-electron chi connectivity index (χ4n) is 2.86. The van der Waals surface area contributed by atoms with Crippen molar-refractivity contribution in [3.8, 4) is 0 Å². The van der Waals surface area contributed by atoms with E-state index < -0.39 is 0 Å². The first-order chi connectivity index (χ1) is 11.0.